The van der Waals surface area contributed by atoms with Crippen LogP contribution in [0.3, 0.4) is 0 Å². The van der Waals surface area contributed by atoms with E-state index < -0.39 is 26.8 Å². The fraction of sp³-hybridized carbons (Fsp3) is 0.484. The first-order chi connectivity index (χ1) is 20.2. The zero-order chi connectivity index (χ0) is 29.6. The van der Waals surface area contributed by atoms with Gasteiger partial charge in [-0.15, -0.1) is 0 Å². The highest BCUT2D eigenvalue weighted by Crippen LogP contribution is 2.24. The first-order valence-corrected chi connectivity index (χ1v) is 16.2. The van der Waals surface area contributed by atoms with Crippen molar-refractivity contribution >= 4 is 26.6 Å². The predicted molar refractivity (Wildman–Crippen MR) is 159 cm³/mol. The van der Waals surface area contributed by atoms with Crippen molar-refractivity contribution in [1.29, 1.82) is 0 Å². The Bertz CT molecular complexity index is 1550. The lowest BCUT2D eigenvalue weighted by atomic mass is 10.1. The van der Waals surface area contributed by atoms with Gasteiger partial charge in [-0.25, -0.2) is 18.7 Å². The minimum Gasteiger partial charge on any atom is -0.379 e. The molecule has 10 nitrogen and oxygen atoms in total. The molecule has 1 amide bonds. The van der Waals surface area contributed by atoms with Gasteiger partial charge in [-0.05, 0) is 62.1 Å². The summed E-state index contributed by atoms with van der Waals surface area (Å²) in [5.74, 6) is 5.74. The zero-order valence-corrected chi connectivity index (χ0v) is 25.0. The Balaban J connectivity index is 1.21. The minimum atomic E-state index is -3.77. The van der Waals surface area contributed by atoms with Gasteiger partial charge in [-0.2, -0.15) is 5.10 Å². The maximum atomic E-state index is 13.0. The summed E-state index contributed by atoms with van der Waals surface area (Å²) in [4.78, 5) is 20.7. The van der Waals surface area contributed by atoms with Crippen molar-refractivity contribution in [1.82, 2.24) is 20.2 Å². The van der Waals surface area contributed by atoms with E-state index in [0.29, 0.717) is 13.0 Å². The molecule has 0 spiro atoms. The maximum absolute atomic E-state index is 13.0. The first-order valence-electron chi connectivity index (χ1n) is 14.4. The number of nitrogens with one attached hydrogen (secondary N) is 1. The van der Waals surface area contributed by atoms with E-state index in [1.165, 1.54) is 12.5 Å². The van der Waals surface area contributed by atoms with Gasteiger partial charge < -0.3 is 9.47 Å². The van der Waals surface area contributed by atoms with Crippen molar-refractivity contribution in [3.63, 3.8) is 0 Å². The third-order valence-electron chi connectivity index (χ3n) is 7.90. The van der Waals surface area contributed by atoms with Crippen molar-refractivity contribution in [3.05, 3.63) is 65.4 Å². The average molecular weight is 595 g/mol. The monoisotopic (exact) mass is 594 g/mol. The lowest BCUT2D eigenvalue weighted by molar-refractivity contribution is -0.201. The normalized spacial score (nSPS) is 19.5. The number of carbonyl (C=O) groups is 1. The van der Waals surface area contributed by atoms with E-state index >= 15 is 0 Å². The second kappa shape index (κ2) is 13.4. The predicted octanol–water partition coefficient (Wildman–Crippen LogP) is 3.04. The van der Waals surface area contributed by atoms with E-state index in [9.17, 15) is 13.2 Å². The summed E-state index contributed by atoms with van der Waals surface area (Å²) >= 11 is 0. The number of morpholine rings is 1. The van der Waals surface area contributed by atoms with Gasteiger partial charge in [-0.1, -0.05) is 24.0 Å². The second-order valence-corrected chi connectivity index (χ2v) is 13.5. The van der Waals surface area contributed by atoms with Crippen LogP contribution in [0.15, 0.2) is 48.7 Å². The largest absolute Gasteiger partial charge is 0.379 e. The van der Waals surface area contributed by atoms with Crippen molar-refractivity contribution in [2.45, 2.75) is 56.7 Å². The van der Waals surface area contributed by atoms with Crippen LogP contribution in [0.1, 0.15) is 49.3 Å². The lowest BCUT2D eigenvalue weighted by Crippen LogP contribution is -2.51. The summed E-state index contributed by atoms with van der Waals surface area (Å²) in [6.45, 7) is 6.59. The van der Waals surface area contributed by atoms with Crippen molar-refractivity contribution in [2.75, 3.05) is 39.2 Å². The molecule has 2 atom stereocenters. The third-order valence-corrected chi connectivity index (χ3v) is 9.93. The number of hydroxylamine groups is 1. The molecular weight excluding hydrogens is 556 g/mol. The van der Waals surface area contributed by atoms with Gasteiger partial charge in [0.2, 0.25) is 0 Å². The first kappa shape index (κ1) is 30.2. The van der Waals surface area contributed by atoms with E-state index in [1.807, 2.05) is 36.5 Å². The van der Waals surface area contributed by atoms with Crippen LogP contribution >= 0.6 is 0 Å². The fourth-order valence-corrected chi connectivity index (χ4v) is 5.79. The molecule has 3 aromatic rings. The number of amides is 1. The van der Waals surface area contributed by atoms with Crippen LogP contribution in [-0.4, -0.2) is 79.2 Å². The van der Waals surface area contributed by atoms with E-state index in [1.54, 1.807) is 4.68 Å². The Labute approximate surface area is 247 Å². The Morgan fingerprint density at radius 1 is 1.10 bits per heavy atom. The van der Waals surface area contributed by atoms with Gasteiger partial charge in [0.15, 0.2) is 20.9 Å². The van der Waals surface area contributed by atoms with E-state index in [-0.39, 0.29) is 13.0 Å². The smallest absolute Gasteiger partial charge is 0.264 e. The summed E-state index contributed by atoms with van der Waals surface area (Å²) in [7, 11) is -3.77. The molecule has 2 aliphatic rings. The van der Waals surface area contributed by atoms with Crippen LogP contribution in [0.25, 0.3) is 10.9 Å². The summed E-state index contributed by atoms with van der Waals surface area (Å²) < 4.78 is 36.2. The highest BCUT2D eigenvalue weighted by molar-refractivity contribution is 7.92. The molecule has 0 bridgehead atoms. The number of aromatic nitrogens is 2. The SMILES string of the molecule is C[C@@](CCn1cc2cc(C#Cc3ccc(CN4CCOCC4)cc3)ccc2n1)(C(=O)NOC1CCCCO1)S(C)(=O)=O. The lowest BCUT2D eigenvalue weighted by Gasteiger charge is -2.28. The molecule has 2 aliphatic heterocycles. The average Bonchev–Trinajstić information content (AvgIpc) is 3.41. The topological polar surface area (TPSA) is 112 Å². The van der Waals surface area contributed by atoms with Crippen LogP contribution in [-0.2, 0) is 42.0 Å². The molecule has 0 saturated carbocycles. The molecule has 0 aliphatic carbocycles. The standard InChI is InChI=1S/C31H38N4O6S/c1-31(42(2,37)38,30(36)33-41-29-5-3-4-18-40-29)14-15-35-23-27-21-25(12-13-28(27)32-35)9-6-24-7-10-26(11-8-24)22-34-16-19-39-20-17-34/h7-8,10-13,21,23,29H,3-5,14-20,22H2,1-2H3,(H,33,36)/t29?,31-/m1/s1. The molecular formula is C31H38N4O6S. The van der Waals surface area contributed by atoms with Crippen LogP contribution < -0.4 is 5.48 Å². The van der Waals surface area contributed by atoms with Gasteiger partial charge in [0.1, 0.15) is 0 Å². The maximum Gasteiger partial charge on any atom is 0.264 e. The molecule has 2 aromatic carbocycles. The Kier molecular flexibility index (Phi) is 9.60. The number of nitrogens with zero attached hydrogens (tertiary/aromatic N) is 3. The number of hydrogen-bond donors (Lipinski definition) is 1. The van der Waals surface area contributed by atoms with E-state index in [4.69, 9.17) is 14.3 Å². The summed E-state index contributed by atoms with van der Waals surface area (Å²) in [6.07, 6.45) is 4.86. The van der Waals surface area contributed by atoms with Crippen LogP contribution in [0.2, 0.25) is 0 Å². The number of rotatable bonds is 9. The Morgan fingerprint density at radius 2 is 1.83 bits per heavy atom. The second-order valence-electron chi connectivity index (χ2n) is 11.1. The van der Waals surface area contributed by atoms with Crippen molar-refractivity contribution in [2.24, 2.45) is 0 Å². The molecule has 2 saturated heterocycles. The Morgan fingerprint density at radius 3 is 2.55 bits per heavy atom. The molecule has 2 fully saturated rings. The number of aryl methyl sites for hydroxylation is 1. The molecule has 1 N–H and O–H groups in total. The molecule has 1 unspecified atom stereocenters. The van der Waals surface area contributed by atoms with Gasteiger partial charge in [0, 0.05) is 68.2 Å². The third kappa shape index (κ3) is 7.56. The van der Waals surface area contributed by atoms with Gasteiger partial charge in [0.05, 0.1) is 18.7 Å². The molecule has 1 aromatic heterocycles. The van der Waals surface area contributed by atoms with E-state index in [2.05, 4.69) is 39.5 Å². The zero-order valence-electron chi connectivity index (χ0n) is 24.2. The van der Waals surface area contributed by atoms with Gasteiger partial charge in [0.25, 0.3) is 5.91 Å². The minimum absolute atomic E-state index is 0.0226. The summed E-state index contributed by atoms with van der Waals surface area (Å²) in [6, 6.07) is 14.1. The number of ether oxygens (including phenoxy) is 2. The highest BCUT2D eigenvalue weighted by atomic mass is 32.2. The number of carbonyl (C=O) groups excluding carboxylic acids is 1. The van der Waals surface area contributed by atoms with E-state index in [0.717, 1.165) is 74.0 Å². The Hall–Kier alpha value is -3.27. The molecule has 5 rings (SSSR count). The fourth-order valence-electron chi connectivity index (χ4n) is 4.95. The molecule has 224 valence electrons. The number of benzene rings is 2. The number of sulfone groups is 1. The molecule has 11 heteroatoms. The number of hydrogen-bond acceptors (Lipinski definition) is 8. The highest BCUT2D eigenvalue weighted by Gasteiger charge is 2.44. The van der Waals surface area contributed by atoms with Crippen molar-refractivity contribution < 1.29 is 27.5 Å². The number of fused-ring (bicyclic) bond motifs is 1. The van der Waals surface area contributed by atoms with Crippen LogP contribution in [0, 0.1) is 11.8 Å². The van der Waals surface area contributed by atoms with Crippen LogP contribution in [0.5, 0.6) is 0 Å². The quantitative estimate of drug-likeness (QED) is 0.297. The summed E-state index contributed by atoms with van der Waals surface area (Å²) in [5, 5.41) is 5.45. The molecule has 0 radical (unpaired) electrons. The van der Waals surface area contributed by atoms with Crippen molar-refractivity contribution in [3.8, 4) is 11.8 Å². The van der Waals surface area contributed by atoms with Gasteiger partial charge in [-0.3, -0.25) is 14.4 Å². The molecule has 42 heavy (non-hydrogen) atoms. The molecule has 3 heterocycles. The van der Waals surface area contributed by atoms with Gasteiger partial charge >= 0.3 is 0 Å². The van der Waals surface area contributed by atoms with Crippen LogP contribution in [0.4, 0.5) is 0 Å². The summed E-state index contributed by atoms with van der Waals surface area (Å²) in [5.41, 5.74) is 6.13.